The highest BCUT2D eigenvalue weighted by atomic mass is 32.1. The van der Waals surface area contributed by atoms with Crippen molar-refractivity contribution < 1.29 is 4.42 Å². The van der Waals surface area contributed by atoms with Gasteiger partial charge in [-0.05, 0) is 38.2 Å². The number of rotatable bonds is 2. The lowest BCUT2D eigenvalue weighted by Crippen LogP contribution is -2.26. The smallest absolute Gasteiger partial charge is 0.262 e. The van der Waals surface area contributed by atoms with E-state index in [1.54, 1.807) is 12.3 Å². The second-order valence-electron chi connectivity index (χ2n) is 4.64. The summed E-state index contributed by atoms with van der Waals surface area (Å²) in [7, 11) is 0. The number of aryl methyl sites for hydroxylation is 1. The molecule has 3 rings (SSSR count). The number of hydrogen-bond donors (Lipinski definition) is 1. The van der Waals surface area contributed by atoms with Crippen LogP contribution in [0.3, 0.4) is 0 Å². The van der Waals surface area contributed by atoms with E-state index in [-0.39, 0.29) is 11.6 Å². The second kappa shape index (κ2) is 4.72. The fourth-order valence-corrected chi connectivity index (χ4v) is 2.55. The van der Waals surface area contributed by atoms with Gasteiger partial charge in [0.1, 0.15) is 11.8 Å². The van der Waals surface area contributed by atoms with Crippen LogP contribution in [0.25, 0.3) is 10.9 Å². The molecule has 0 aliphatic carbocycles. The molecule has 0 fully saturated rings. The Bertz CT molecular complexity index is 891. The normalized spacial score (nSPS) is 12.7. The van der Waals surface area contributed by atoms with Gasteiger partial charge in [-0.1, -0.05) is 12.1 Å². The Morgan fingerprint density at radius 1 is 1.40 bits per heavy atom. The average molecular weight is 287 g/mol. The largest absolute Gasteiger partial charge is 0.444 e. The van der Waals surface area contributed by atoms with Gasteiger partial charge in [-0.2, -0.15) is 0 Å². The maximum Gasteiger partial charge on any atom is 0.262 e. The van der Waals surface area contributed by atoms with E-state index in [0.29, 0.717) is 21.8 Å². The van der Waals surface area contributed by atoms with Gasteiger partial charge in [-0.3, -0.25) is 9.36 Å². The Labute approximate surface area is 119 Å². The molecule has 6 heteroatoms. The molecule has 2 aromatic heterocycles. The SMILES string of the molecule is Cc1cnc(C(C)n2c(=S)[nH]c3ccccc3c2=O)o1. The molecular formula is C14H13N3O2S. The van der Waals surface area contributed by atoms with E-state index in [1.807, 2.05) is 32.0 Å². The molecule has 5 nitrogen and oxygen atoms in total. The molecule has 0 spiro atoms. The molecule has 1 unspecified atom stereocenters. The van der Waals surface area contributed by atoms with Crippen LogP contribution in [0.2, 0.25) is 0 Å². The van der Waals surface area contributed by atoms with Gasteiger partial charge in [-0.25, -0.2) is 4.98 Å². The Morgan fingerprint density at radius 2 is 2.15 bits per heavy atom. The highest BCUT2D eigenvalue weighted by Gasteiger charge is 2.17. The first-order chi connectivity index (χ1) is 9.58. The van der Waals surface area contributed by atoms with Crippen LogP contribution in [-0.2, 0) is 0 Å². The van der Waals surface area contributed by atoms with Gasteiger partial charge in [0.15, 0.2) is 4.77 Å². The van der Waals surface area contributed by atoms with Crippen LogP contribution in [0.15, 0.2) is 39.7 Å². The molecule has 20 heavy (non-hydrogen) atoms. The summed E-state index contributed by atoms with van der Waals surface area (Å²) in [4.78, 5) is 19.8. The van der Waals surface area contributed by atoms with Crippen molar-refractivity contribution in [1.82, 2.24) is 14.5 Å². The van der Waals surface area contributed by atoms with Crippen molar-refractivity contribution in [2.24, 2.45) is 0 Å². The van der Waals surface area contributed by atoms with Gasteiger partial charge >= 0.3 is 0 Å². The number of nitrogens with one attached hydrogen (secondary N) is 1. The lowest BCUT2D eigenvalue weighted by atomic mass is 10.2. The van der Waals surface area contributed by atoms with Crippen LogP contribution >= 0.6 is 12.2 Å². The van der Waals surface area contributed by atoms with Gasteiger partial charge < -0.3 is 9.40 Å². The van der Waals surface area contributed by atoms with Crippen molar-refractivity contribution in [1.29, 1.82) is 0 Å². The van der Waals surface area contributed by atoms with Crippen molar-refractivity contribution in [2.75, 3.05) is 0 Å². The molecular weight excluding hydrogens is 274 g/mol. The van der Waals surface area contributed by atoms with Crippen molar-refractivity contribution in [3.05, 3.63) is 57.2 Å². The zero-order valence-electron chi connectivity index (χ0n) is 11.1. The first-order valence-corrected chi connectivity index (χ1v) is 6.64. The summed E-state index contributed by atoms with van der Waals surface area (Å²) in [6.07, 6.45) is 1.63. The molecule has 0 bridgehead atoms. The van der Waals surface area contributed by atoms with Crippen LogP contribution < -0.4 is 5.56 Å². The maximum atomic E-state index is 12.6. The van der Waals surface area contributed by atoms with E-state index >= 15 is 0 Å². The maximum absolute atomic E-state index is 12.6. The fraction of sp³-hybridized carbons (Fsp3) is 0.214. The molecule has 0 saturated heterocycles. The minimum Gasteiger partial charge on any atom is -0.444 e. The molecule has 0 aliphatic heterocycles. The van der Waals surface area contributed by atoms with Crippen LogP contribution in [0.1, 0.15) is 24.6 Å². The molecule has 1 N–H and O–H groups in total. The second-order valence-corrected chi connectivity index (χ2v) is 5.02. The van der Waals surface area contributed by atoms with Crippen molar-refractivity contribution >= 4 is 23.1 Å². The lowest BCUT2D eigenvalue weighted by molar-refractivity contribution is 0.407. The molecule has 102 valence electrons. The Kier molecular flexibility index (Phi) is 3.02. The molecule has 2 heterocycles. The van der Waals surface area contributed by atoms with Crippen LogP contribution in [0.5, 0.6) is 0 Å². The topological polar surface area (TPSA) is 63.8 Å². The van der Waals surface area contributed by atoms with Gasteiger partial charge in [-0.15, -0.1) is 0 Å². The summed E-state index contributed by atoms with van der Waals surface area (Å²) in [6, 6.07) is 6.93. The molecule has 0 amide bonds. The minimum absolute atomic E-state index is 0.146. The number of H-pyrrole nitrogens is 1. The van der Waals surface area contributed by atoms with Crippen LogP contribution in [0.4, 0.5) is 0 Å². The summed E-state index contributed by atoms with van der Waals surface area (Å²) >= 11 is 5.29. The fourth-order valence-electron chi connectivity index (χ4n) is 2.20. The average Bonchev–Trinajstić information content (AvgIpc) is 2.85. The number of hydrogen-bond acceptors (Lipinski definition) is 4. The van der Waals surface area contributed by atoms with Crippen molar-refractivity contribution in [2.45, 2.75) is 19.9 Å². The monoisotopic (exact) mass is 287 g/mol. The Hall–Kier alpha value is -2.21. The number of fused-ring (bicyclic) bond motifs is 1. The van der Waals surface area contributed by atoms with Gasteiger partial charge in [0, 0.05) is 0 Å². The predicted molar refractivity (Wildman–Crippen MR) is 78.4 cm³/mol. The first-order valence-electron chi connectivity index (χ1n) is 6.24. The molecule has 0 saturated carbocycles. The number of oxazole rings is 1. The summed E-state index contributed by atoms with van der Waals surface area (Å²) in [5.74, 6) is 1.18. The molecule has 0 radical (unpaired) electrons. The highest BCUT2D eigenvalue weighted by molar-refractivity contribution is 7.71. The van der Waals surface area contributed by atoms with Crippen LogP contribution in [0, 0.1) is 11.7 Å². The number of aromatic nitrogens is 3. The Morgan fingerprint density at radius 3 is 2.85 bits per heavy atom. The minimum atomic E-state index is -0.357. The van der Waals surface area contributed by atoms with E-state index in [9.17, 15) is 4.79 Å². The Balaban J connectivity index is 2.26. The lowest BCUT2D eigenvalue weighted by Gasteiger charge is -2.12. The number of para-hydroxylation sites is 1. The predicted octanol–water partition coefficient (Wildman–Crippen LogP) is 2.96. The number of nitrogens with zero attached hydrogens (tertiary/aromatic N) is 2. The highest BCUT2D eigenvalue weighted by Crippen LogP contribution is 2.17. The molecule has 1 atom stereocenters. The summed E-state index contributed by atoms with van der Waals surface area (Å²) in [5, 5.41) is 0.594. The van der Waals surface area contributed by atoms with E-state index in [0.717, 1.165) is 5.52 Å². The molecule has 1 aromatic carbocycles. The summed E-state index contributed by atoms with van der Waals surface area (Å²) < 4.78 is 7.34. The van der Waals surface area contributed by atoms with E-state index in [2.05, 4.69) is 9.97 Å². The zero-order valence-corrected chi connectivity index (χ0v) is 11.9. The molecule has 0 aliphatic rings. The van der Waals surface area contributed by atoms with E-state index in [1.165, 1.54) is 4.57 Å². The molecule has 3 aromatic rings. The summed E-state index contributed by atoms with van der Waals surface area (Å²) in [5.41, 5.74) is 0.585. The van der Waals surface area contributed by atoms with E-state index in [4.69, 9.17) is 16.6 Å². The zero-order chi connectivity index (χ0) is 14.3. The van der Waals surface area contributed by atoms with E-state index < -0.39 is 0 Å². The quantitative estimate of drug-likeness (QED) is 0.736. The van der Waals surface area contributed by atoms with Crippen LogP contribution in [-0.4, -0.2) is 14.5 Å². The number of aromatic amines is 1. The third-order valence-electron chi connectivity index (χ3n) is 3.22. The van der Waals surface area contributed by atoms with Gasteiger partial charge in [0.05, 0.1) is 17.1 Å². The summed E-state index contributed by atoms with van der Waals surface area (Å²) in [6.45, 7) is 3.65. The number of benzene rings is 1. The standard InChI is InChI=1S/C14H13N3O2S/c1-8-7-15-12(19-8)9(2)17-13(18)10-5-3-4-6-11(10)16-14(17)20/h3-7,9H,1-2H3,(H,16,20). The van der Waals surface area contributed by atoms with Gasteiger partial charge in [0.2, 0.25) is 5.89 Å². The third kappa shape index (κ3) is 1.98. The van der Waals surface area contributed by atoms with Crippen molar-refractivity contribution in [3.63, 3.8) is 0 Å². The first kappa shape index (κ1) is 12.8. The van der Waals surface area contributed by atoms with Gasteiger partial charge in [0.25, 0.3) is 5.56 Å². The third-order valence-corrected chi connectivity index (χ3v) is 3.52. The van der Waals surface area contributed by atoms with Crippen molar-refractivity contribution in [3.8, 4) is 0 Å².